The molecule has 0 spiro atoms. The molecule has 1 fully saturated rings. The maximum atomic E-state index is 14.0. The number of Topliss-reactive ketones (excluding diaryl/α,β-unsaturated/α-hetero) is 2. The number of hydrogen-bond acceptors (Lipinski definition) is 9. The minimum atomic E-state index is -1.30. The van der Waals surface area contributed by atoms with Gasteiger partial charge < -0.3 is 25.6 Å². The van der Waals surface area contributed by atoms with Crippen molar-refractivity contribution in [3.63, 3.8) is 0 Å². The topological polar surface area (TPSA) is 173 Å². The van der Waals surface area contributed by atoms with Gasteiger partial charge in [-0.1, -0.05) is 11.6 Å². The number of likely N-dealkylation sites (N-methyl/N-ethyl adjacent to an activating group) is 1. The van der Waals surface area contributed by atoms with Crippen LogP contribution in [0.3, 0.4) is 0 Å². The highest BCUT2D eigenvalue weighted by Gasteiger charge is 2.62. The van der Waals surface area contributed by atoms with E-state index in [0.29, 0.717) is 12.0 Å². The van der Waals surface area contributed by atoms with Gasteiger partial charge in [0.2, 0.25) is 5.91 Å². The summed E-state index contributed by atoms with van der Waals surface area (Å²) in [4.78, 5) is 57.3. The number of hydrogen-bond donors (Lipinski definition) is 4. The van der Waals surface area contributed by atoms with Gasteiger partial charge >= 0.3 is 6.03 Å². The standard InChI is InChI=1S/C24H30ClN5O7/c1-27-23(35)29-22-18(33)14-10(20(25)28-22)6-9-7-12-15(30(2)3)16(31)11(21(26)34)8-24(12,37-5)19(36-4)13(9)17(14)32/h9,11-12,15,33H,6-8H2,1-5H3,(H2,26,34)(H2,27,28,29,35). The Morgan fingerprint density at radius 1 is 1.27 bits per heavy atom. The molecule has 12 nitrogen and oxygen atoms in total. The lowest BCUT2D eigenvalue weighted by atomic mass is 9.56. The van der Waals surface area contributed by atoms with E-state index in [1.165, 1.54) is 21.3 Å². The van der Waals surface area contributed by atoms with E-state index in [-0.39, 0.29) is 46.5 Å². The van der Waals surface area contributed by atoms with Crippen LogP contribution in [0.4, 0.5) is 10.6 Å². The van der Waals surface area contributed by atoms with Gasteiger partial charge in [-0.05, 0) is 32.9 Å². The third-order valence-electron chi connectivity index (χ3n) is 7.77. The summed E-state index contributed by atoms with van der Waals surface area (Å²) in [7, 11) is 7.69. The van der Waals surface area contributed by atoms with Gasteiger partial charge in [0.1, 0.15) is 22.4 Å². The van der Waals surface area contributed by atoms with E-state index in [1.807, 2.05) is 0 Å². The molecule has 4 rings (SSSR count). The minimum Gasteiger partial charge on any atom is -0.504 e. The second-order valence-corrected chi connectivity index (χ2v) is 10.1. The molecule has 3 aliphatic rings. The van der Waals surface area contributed by atoms with E-state index in [4.69, 9.17) is 26.8 Å². The molecule has 0 aliphatic heterocycles. The molecule has 13 heteroatoms. The van der Waals surface area contributed by atoms with Crippen molar-refractivity contribution in [2.75, 3.05) is 40.7 Å². The Morgan fingerprint density at radius 3 is 2.49 bits per heavy atom. The highest BCUT2D eigenvalue weighted by atomic mass is 35.5. The lowest BCUT2D eigenvalue weighted by molar-refractivity contribution is -0.164. The molecule has 0 radical (unpaired) electrons. The van der Waals surface area contributed by atoms with Crippen LogP contribution in [0.2, 0.25) is 5.15 Å². The second kappa shape index (κ2) is 9.58. The first-order chi connectivity index (χ1) is 17.4. The maximum Gasteiger partial charge on any atom is 0.320 e. The molecular weight excluding hydrogens is 506 g/mol. The van der Waals surface area contributed by atoms with Gasteiger partial charge in [0.25, 0.3) is 0 Å². The van der Waals surface area contributed by atoms with E-state index in [0.717, 1.165) is 0 Å². The monoisotopic (exact) mass is 535 g/mol. The van der Waals surface area contributed by atoms with E-state index in [9.17, 15) is 24.3 Å². The van der Waals surface area contributed by atoms with Crippen molar-refractivity contribution in [1.82, 2.24) is 15.2 Å². The van der Waals surface area contributed by atoms with Crippen LogP contribution in [-0.4, -0.2) is 85.5 Å². The Morgan fingerprint density at radius 2 is 1.95 bits per heavy atom. The number of urea groups is 1. The van der Waals surface area contributed by atoms with Crippen molar-refractivity contribution in [3.05, 3.63) is 27.6 Å². The third-order valence-corrected chi connectivity index (χ3v) is 8.08. The molecule has 5 atom stereocenters. The van der Waals surface area contributed by atoms with Gasteiger partial charge in [-0.15, -0.1) is 0 Å². The zero-order valence-electron chi connectivity index (χ0n) is 21.2. The fourth-order valence-electron chi connectivity index (χ4n) is 6.22. The van der Waals surface area contributed by atoms with Gasteiger partial charge in [-0.2, -0.15) is 0 Å². The van der Waals surface area contributed by atoms with Crippen LogP contribution in [0.1, 0.15) is 28.8 Å². The lowest BCUT2D eigenvalue weighted by Gasteiger charge is -2.54. The van der Waals surface area contributed by atoms with Gasteiger partial charge in [0.15, 0.2) is 23.1 Å². The predicted molar refractivity (Wildman–Crippen MR) is 132 cm³/mol. The summed E-state index contributed by atoms with van der Waals surface area (Å²) in [5.74, 6) is -4.30. The Kier molecular flexibility index (Phi) is 6.95. The lowest BCUT2D eigenvalue weighted by Crippen LogP contribution is -2.65. The number of ketones is 2. The predicted octanol–water partition coefficient (Wildman–Crippen LogP) is 0.857. The number of nitrogens with one attached hydrogen (secondary N) is 2. The number of nitrogens with zero attached hydrogens (tertiary/aromatic N) is 2. The number of anilines is 1. The summed E-state index contributed by atoms with van der Waals surface area (Å²) in [6.45, 7) is 0. The molecule has 1 saturated carbocycles. The third kappa shape index (κ3) is 3.94. The molecule has 3 aliphatic carbocycles. The fourth-order valence-corrected chi connectivity index (χ4v) is 6.48. The fraction of sp³-hybridized carbons (Fsp3) is 0.542. The summed E-state index contributed by atoms with van der Waals surface area (Å²) in [6.07, 6.45) is 0.488. The van der Waals surface area contributed by atoms with Crippen LogP contribution in [-0.2, 0) is 25.5 Å². The number of rotatable bonds is 5. The number of aromatic nitrogens is 1. The van der Waals surface area contributed by atoms with Crippen molar-refractivity contribution < 1.29 is 33.8 Å². The first-order valence-corrected chi connectivity index (χ1v) is 12.1. The summed E-state index contributed by atoms with van der Waals surface area (Å²) >= 11 is 6.43. The Balaban J connectivity index is 1.94. The number of nitrogens with two attached hydrogens (primary N) is 1. The number of carbonyl (C=O) groups is 4. The Hall–Kier alpha value is -3.22. The van der Waals surface area contributed by atoms with Crippen molar-refractivity contribution in [2.45, 2.75) is 30.9 Å². The van der Waals surface area contributed by atoms with Gasteiger partial charge in [0.05, 0.1) is 18.7 Å². The second-order valence-electron chi connectivity index (χ2n) is 9.74. The summed E-state index contributed by atoms with van der Waals surface area (Å²) in [5.41, 5.74) is 4.81. The molecule has 1 heterocycles. The molecule has 5 N–H and O–H groups in total. The van der Waals surface area contributed by atoms with Crippen molar-refractivity contribution >= 4 is 40.9 Å². The number of carbonyl (C=O) groups excluding carboxylic acids is 4. The highest BCUT2D eigenvalue weighted by molar-refractivity contribution is 6.31. The zero-order chi connectivity index (χ0) is 27.4. The van der Waals surface area contributed by atoms with Gasteiger partial charge in [-0.3, -0.25) is 24.6 Å². The van der Waals surface area contributed by atoms with Crippen LogP contribution < -0.4 is 16.4 Å². The molecule has 1 aromatic rings. The molecule has 0 aromatic carbocycles. The van der Waals surface area contributed by atoms with Crippen LogP contribution in [0.15, 0.2) is 11.3 Å². The molecule has 5 unspecified atom stereocenters. The quantitative estimate of drug-likeness (QED) is 0.315. The molecule has 37 heavy (non-hydrogen) atoms. The van der Waals surface area contributed by atoms with Gasteiger partial charge in [-0.25, -0.2) is 9.78 Å². The SMILES string of the molecule is CNC(=O)Nc1nc(Cl)c2c(c1O)C(=O)C1=C(OC)C3(OC)CC(C(N)=O)C(=O)C(N(C)C)C3CC1C2. The number of allylic oxidation sites excluding steroid dienone is 1. The summed E-state index contributed by atoms with van der Waals surface area (Å²) < 4.78 is 11.9. The number of halogens is 1. The average molecular weight is 536 g/mol. The normalized spacial score (nSPS) is 28.8. The van der Waals surface area contributed by atoms with Crippen LogP contribution in [0.5, 0.6) is 5.75 Å². The number of primary amides is 1. The number of pyridine rings is 1. The number of aromatic hydroxyl groups is 1. The number of ether oxygens (including phenoxy) is 2. The summed E-state index contributed by atoms with van der Waals surface area (Å²) in [6, 6.07) is -1.38. The van der Waals surface area contributed by atoms with Crippen LogP contribution in [0, 0.1) is 17.8 Å². The Labute approximate surface area is 218 Å². The molecule has 1 aromatic heterocycles. The van der Waals surface area contributed by atoms with E-state index in [1.54, 1.807) is 19.0 Å². The Bertz CT molecular complexity index is 1230. The first-order valence-electron chi connectivity index (χ1n) is 11.7. The smallest absolute Gasteiger partial charge is 0.320 e. The van der Waals surface area contributed by atoms with Crippen molar-refractivity contribution in [3.8, 4) is 5.75 Å². The minimum absolute atomic E-state index is 0.0354. The largest absolute Gasteiger partial charge is 0.504 e. The van der Waals surface area contributed by atoms with Gasteiger partial charge in [0, 0.05) is 37.6 Å². The number of fused-ring (bicyclic) bond motifs is 3. The summed E-state index contributed by atoms with van der Waals surface area (Å²) in [5, 5.41) is 15.6. The van der Waals surface area contributed by atoms with E-state index >= 15 is 0 Å². The number of amides is 3. The zero-order valence-corrected chi connectivity index (χ0v) is 21.9. The van der Waals surface area contributed by atoms with E-state index < -0.39 is 52.9 Å². The first kappa shape index (κ1) is 26.8. The molecule has 200 valence electrons. The van der Waals surface area contributed by atoms with Crippen LogP contribution >= 0.6 is 11.6 Å². The molecular formula is C24H30ClN5O7. The van der Waals surface area contributed by atoms with Crippen molar-refractivity contribution in [2.24, 2.45) is 23.5 Å². The van der Waals surface area contributed by atoms with Crippen molar-refractivity contribution in [1.29, 1.82) is 0 Å². The number of methoxy groups -OCH3 is 2. The average Bonchev–Trinajstić information content (AvgIpc) is 2.84. The molecule has 0 bridgehead atoms. The van der Waals surface area contributed by atoms with Crippen LogP contribution in [0.25, 0.3) is 0 Å². The maximum absolute atomic E-state index is 14.0. The highest BCUT2D eigenvalue weighted by Crippen LogP contribution is 2.55. The van der Waals surface area contributed by atoms with E-state index in [2.05, 4.69) is 15.6 Å². The molecule has 3 amide bonds. The molecule has 0 saturated heterocycles.